The molecule has 2 N–H and O–H groups in total. The van der Waals surface area contributed by atoms with E-state index in [0.717, 1.165) is 12.4 Å². The van der Waals surface area contributed by atoms with Crippen molar-refractivity contribution in [2.75, 3.05) is 13.2 Å². The Morgan fingerprint density at radius 2 is 2.00 bits per heavy atom. The summed E-state index contributed by atoms with van der Waals surface area (Å²) in [4.78, 5) is 14.2. The highest BCUT2D eigenvalue weighted by atomic mass is 16.6. The van der Waals surface area contributed by atoms with Crippen LogP contribution in [0.3, 0.4) is 0 Å². The van der Waals surface area contributed by atoms with E-state index in [1.807, 2.05) is 13.8 Å². The molecule has 13 heavy (non-hydrogen) atoms. The zero-order valence-corrected chi connectivity index (χ0v) is 8.63. The van der Waals surface area contributed by atoms with Crippen molar-refractivity contribution >= 4 is 5.78 Å². The Morgan fingerprint density at radius 3 is 2.08 bits per heavy atom. The van der Waals surface area contributed by atoms with E-state index in [4.69, 9.17) is 4.74 Å². The number of allylic oxidation sites excluding steroid dienone is 1. The van der Waals surface area contributed by atoms with Gasteiger partial charge in [-0.05, 0) is 20.8 Å². The van der Waals surface area contributed by atoms with Crippen LogP contribution in [-0.4, -0.2) is 19.0 Å². The fraction of sp³-hybridized carbons (Fsp3) is 0.667. The number of Topliss-reactive ketones (excluding diaryl/α,β-unsaturated/α-hetero) is 1. The van der Waals surface area contributed by atoms with Crippen LogP contribution in [0.4, 0.5) is 0 Å². The van der Waals surface area contributed by atoms with Gasteiger partial charge >= 0.3 is 0 Å². The highest BCUT2D eigenvalue weighted by Gasteiger charge is 1.88. The fourth-order valence-electron chi connectivity index (χ4n) is 0.449. The minimum absolute atomic E-state index is 0.102. The van der Waals surface area contributed by atoms with Gasteiger partial charge in [0.25, 0.3) is 0 Å². The summed E-state index contributed by atoms with van der Waals surface area (Å²) in [6.45, 7) is 9.86. The molecule has 0 bridgehead atoms. The van der Waals surface area contributed by atoms with Crippen molar-refractivity contribution in [2.45, 2.75) is 27.2 Å². The molecule has 0 aromatic heterocycles. The highest BCUT2D eigenvalue weighted by Crippen LogP contribution is 1.85. The Bertz CT molecular complexity index is 146. The number of carbonyl (C=O) groups is 1. The van der Waals surface area contributed by atoms with Crippen LogP contribution in [0.25, 0.3) is 0 Å². The smallest absolute Gasteiger partial charge is 0.132 e. The first kappa shape index (κ1) is 14.6. The van der Waals surface area contributed by atoms with Gasteiger partial charge in [0.2, 0.25) is 0 Å². The second-order valence-corrected chi connectivity index (χ2v) is 2.46. The highest BCUT2D eigenvalue weighted by molar-refractivity contribution is 5.75. The third kappa shape index (κ3) is 24.7. The van der Waals surface area contributed by atoms with Crippen LogP contribution < -0.4 is 5.90 Å². The molecule has 0 amide bonds. The van der Waals surface area contributed by atoms with Crippen LogP contribution >= 0.6 is 0 Å². The maximum absolute atomic E-state index is 10.1. The Labute approximate surface area is 79.7 Å². The van der Waals surface area contributed by atoms with Gasteiger partial charge in [0.15, 0.2) is 0 Å². The second-order valence-electron chi connectivity index (χ2n) is 2.46. The van der Waals surface area contributed by atoms with Gasteiger partial charge in [0, 0.05) is 6.42 Å². The molecule has 0 saturated carbocycles. The van der Waals surface area contributed by atoms with E-state index >= 15 is 0 Å². The molecule has 4 nitrogen and oxygen atoms in total. The first-order valence-corrected chi connectivity index (χ1v) is 4.14. The van der Waals surface area contributed by atoms with E-state index in [9.17, 15) is 4.79 Å². The monoisotopic (exact) mass is 189 g/mol. The van der Waals surface area contributed by atoms with Crippen molar-refractivity contribution < 1.29 is 14.4 Å². The fourth-order valence-corrected chi connectivity index (χ4v) is 0.449. The molecule has 0 atom stereocenters. The predicted molar refractivity (Wildman–Crippen MR) is 51.9 cm³/mol. The standard InChI is InChI=1S/C5H10O.C4H9NO2/c1-4-6-5(2)3;1-4(6)2-3-7-5/h2,4H2,1,3H3;2-3,5H2,1H3. The summed E-state index contributed by atoms with van der Waals surface area (Å²) in [6.07, 6.45) is 0.413. The predicted octanol–water partition coefficient (Wildman–Crippen LogP) is 1.41. The topological polar surface area (TPSA) is 61.5 Å². The van der Waals surface area contributed by atoms with Gasteiger partial charge in [-0.25, -0.2) is 5.90 Å². The number of ether oxygens (including phenoxy) is 1. The van der Waals surface area contributed by atoms with Gasteiger partial charge < -0.3 is 9.57 Å². The van der Waals surface area contributed by atoms with E-state index in [1.165, 1.54) is 6.92 Å². The third-order valence-corrected chi connectivity index (χ3v) is 0.963. The van der Waals surface area contributed by atoms with Crippen LogP contribution in [0.1, 0.15) is 27.2 Å². The first-order valence-electron chi connectivity index (χ1n) is 4.14. The molecule has 0 aliphatic carbocycles. The molecule has 0 aromatic rings. The summed E-state index contributed by atoms with van der Waals surface area (Å²) in [5, 5.41) is 0. The maximum Gasteiger partial charge on any atom is 0.132 e. The lowest BCUT2D eigenvalue weighted by molar-refractivity contribution is -0.118. The van der Waals surface area contributed by atoms with Gasteiger partial charge in [-0.3, -0.25) is 4.79 Å². The van der Waals surface area contributed by atoms with Crippen molar-refractivity contribution in [3.8, 4) is 0 Å². The third-order valence-electron chi connectivity index (χ3n) is 0.963. The van der Waals surface area contributed by atoms with Crippen LogP contribution in [0.2, 0.25) is 0 Å². The number of hydrogen-bond donors (Lipinski definition) is 1. The summed E-state index contributed by atoms with van der Waals surface area (Å²) in [5.41, 5.74) is 0. The molecule has 78 valence electrons. The van der Waals surface area contributed by atoms with Crippen molar-refractivity contribution in [2.24, 2.45) is 5.90 Å². The van der Waals surface area contributed by atoms with E-state index in [2.05, 4.69) is 17.3 Å². The van der Waals surface area contributed by atoms with Crippen molar-refractivity contribution in [1.29, 1.82) is 0 Å². The zero-order valence-electron chi connectivity index (χ0n) is 8.63. The van der Waals surface area contributed by atoms with Gasteiger partial charge in [0.1, 0.15) is 5.78 Å². The largest absolute Gasteiger partial charge is 0.499 e. The normalized spacial score (nSPS) is 8.31. The molecular formula is C9H19NO3. The first-order chi connectivity index (χ1) is 6.04. The quantitative estimate of drug-likeness (QED) is 0.524. The summed E-state index contributed by atoms with van der Waals surface area (Å²) in [6, 6.07) is 0. The molecular weight excluding hydrogens is 170 g/mol. The Morgan fingerprint density at radius 1 is 1.46 bits per heavy atom. The molecule has 0 spiro atoms. The SMILES string of the molecule is C=C(C)OCC.CC(=O)CCON. The molecule has 0 aliphatic heterocycles. The minimum Gasteiger partial charge on any atom is -0.499 e. The van der Waals surface area contributed by atoms with Crippen molar-refractivity contribution in [3.63, 3.8) is 0 Å². The summed E-state index contributed by atoms with van der Waals surface area (Å²) in [7, 11) is 0. The number of ketones is 1. The van der Waals surface area contributed by atoms with E-state index in [1.54, 1.807) is 0 Å². The number of hydrogen-bond acceptors (Lipinski definition) is 4. The Balaban J connectivity index is 0. The number of nitrogens with two attached hydrogens (primary N) is 1. The summed E-state index contributed by atoms with van der Waals surface area (Å²) >= 11 is 0. The maximum atomic E-state index is 10.1. The molecule has 0 fully saturated rings. The van der Waals surface area contributed by atoms with E-state index < -0.39 is 0 Å². The van der Waals surface area contributed by atoms with Crippen molar-refractivity contribution in [3.05, 3.63) is 12.3 Å². The summed E-state index contributed by atoms with van der Waals surface area (Å²) < 4.78 is 4.85. The Kier molecular flexibility index (Phi) is 12.5. The van der Waals surface area contributed by atoms with Gasteiger partial charge in [-0.15, -0.1) is 0 Å². The van der Waals surface area contributed by atoms with Crippen molar-refractivity contribution in [1.82, 2.24) is 0 Å². The van der Waals surface area contributed by atoms with E-state index in [0.29, 0.717) is 13.0 Å². The van der Waals surface area contributed by atoms with Crippen LogP contribution in [0.15, 0.2) is 12.3 Å². The minimum atomic E-state index is 0.102. The van der Waals surface area contributed by atoms with Gasteiger partial charge in [-0.1, -0.05) is 6.58 Å². The molecule has 4 heteroatoms. The van der Waals surface area contributed by atoms with Crippen LogP contribution in [0, 0.1) is 0 Å². The lowest BCUT2D eigenvalue weighted by atomic mass is 10.3. The van der Waals surface area contributed by atoms with Crippen LogP contribution in [-0.2, 0) is 14.4 Å². The molecule has 0 radical (unpaired) electrons. The molecule has 0 unspecified atom stereocenters. The average Bonchev–Trinajstić information content (AvgIpc) is 2.01. The number of rotatable bonds is 5. The summed E-state index contributed by atoms with van der Waals surface area (Å²) in [5.74, 6) is 5.52. The van der Waals surface area contributed by atoms with Gasteiger partial charge in [-0.2, -0.15) is 0 Å². The molecule has 0 heterocycles. The van der Waals surface area contributed by atoms with E-state index in [-0.39, 0.29) is 5.78 Å². The molecule has 0 saturated heterocycles. The zero-order chi connectivity index (χ0) is 10.7. The van der Waals surface area contributed by atoms with Gasteiger partial charge in [0.05, 0.1) is 19.0 Å². The lowest BCUT2D eigenvalue weighted by Gasteiger charge is -1.95. The molecule has 0 rings (SSSR count). The molecule has 0 aromatic carbocycles. The van der Waals surface area contributed by atoms with Crippen LogP contribution in [0.5, 0.6) is 0 Å². The average molecular weight is 189 g/mol. The molecule has 0 aliphatic rings. The number of carbonyl (C=O) groups excluding carboxylic acids is 1. The second kappa shape index (κ2) is 11.1. The lowest BCUT2D eigenvalue weighted by Crippen LogP contribution is -2.04. The Hall–Kier alpha value is -0.870.